The second kappa shape index (κ2) is 7.04. The maximum atomic E-state index is 12.9. The molecule has 0 saturated carbocycles. The summed E-state index contributed by atoms with van der Waals surface area (Å²) >= 11 is 6.67. The molecule has 2 aromatic rings. The molecule has 2 heterocycles. The first-order valence-electron chi connectivity index (χ1n) is 7.21. The van der Waals surface area contributed by atoms with Gasteiger partial charge in [-0.15, -0.1) is 0 Å². The Morgan fingerprint density at radius 3 is 2.64 bits per heavy atom. The first kappa shape index (κ1) is 17.1. The van der Waals surface area contributed by atoms with Crippen LogP contribution in [-0.2, 0) is 9.59 Å². The summed E-state index contributed by atoms with van der Waals surface area (Å²) < 4.78 is 10.5. The van der Waals surface area contributed by atoms with E-state index >= 15 is 0 Å². The lowest BCUT2D eigenvalue weighted by Gasteiger charge is -2.30. The molecule has 0 atom stereocenters. The van der Waals surface area contributed by atoms with Crippen molar-refractivity contribution in [1.29, 1.82) is 0 Å². The first-order chi connectivity index (χ1) is 12.0. The topological polar surface area (TPSA) is 67.9 Å². The van der Waals surface area contributed by atoms with E-state index in [-0.39, 0.29) is 10.7 Å². The molecule has 6 nitrogen and oxygen atoms in total. The van der Waals surface area contributed by atoms with Gasteiger partial charge in [-0.1, -0.05) is 0 Å². The number of carbonyl (C=O) groups excluding carboxylic acids is 2. The molecule has 2 amide bonds. The lowest BCUT2D eigenvalue weighted by Crippen LogP contribution is -2.54. The number of methoxy groups -OCH3 is 2. The van der Waals surface area contributed by atoms with E-state index in [1.807, 2.05) is 16.8 Å². The van der Waals surface area contributed by atoms with Crippen LogP contribution in [0.3, 0.4) is 0 Å². The summed E-state index contributed by atoms with van der Waals surface area (Å²) in [6.45, 7) is 0. The van der Waals surface area contributed by atoms with Crippen molar-refractivity contribution in [3.05, 3.63) is 46.2 Å². The molecule has 1 aliphatic rings. The van der Waals surface area contributed by atoms with Gasteiger partial charge in [0.25, 0.3) is 11.8 Å². The van der Waals surface area contributed by atoms with Crippen LogP contribution in [0.4, 0.5) is 5.69 Å². The highest BCUT2D eigenvalue weighted by Crippen LogP contribution is 2.34. The number of nitrogens with one attached hydrogen (secondary N) is 1. The first-order valence-corrected chi connectivity index (χ1v) is 8.56. The molecule has 128 valence electrons. The Hall–Kier alpha value is -2.71. The molecule has 0 radical (unpaired) electrons. The van der Waals surface area contributed by atoms with Gasteiger partial charge < -0.3 is 9.47 Å². The highest BCUT2D eigenvalue weighted by atomic mass is 32.1. The van der Waals surface area contributed by atoms with Crippen molar-refractivity contribution >= 4 is 52.2 Å². The summed E-state index contributed by atoms with van der Waals surface area (Å²) in [6, 6.07) is 6.81. The van der Waals surface area contributed by atoms with E-state index in [9.17, 15) is 9.59 Å². The Morgan fingerprint density at radius 2 is 2.00 bits per heavy atom. The molecule has 8 heteroatoms. The van der Waals surface area contributed by atoms with Crippen LogP contribution >= 0.6 is 23.6 Å². The van der Waals surface area contributed by atoms with E-state index in [2.05, 4.69) is 5.32 Å². The monoisotopic (exact) mass is 374 g/mol. The molecule has 1 aliphatic heterocycles. The lowest BCUT2D eigenvalue weighted by atomic mass is 10.1. The quantitative estimate of drug-likeness (QED) is 0.506. The standard InChI is InChI=1S/C17H14N2O4S2/c1-22-11-3-4-13(14(8-11)23-2)19-16(21)12(15(20)18-17(19)24)7-10-5-6-25-9-10/h3-9H,1-2H3,(H,18,20,24)/b12-7-. The molecule has 1 aromatic heterocycles. The number of ether oxygens (including phenoxy) is 2. The van der Waals surface area contributed by atoms with Gasteiger partial charge in [0.1, 0.15) is 17.1 Å². The molecule has 1 aromatic carbocycles. The zero-order chi connectivity index (χ0) is 18.0. The van der Waals surface area contributed by atoms with E-state index in [4.69, 9.17) is 21.7 Å². The number of hydrogen-bond acceptors (Lipinski definition) is 6. The van der Waals surface area contributed by atoms with E-state index < -0.39 is 11.8 Å². The number of carbonyl (C=O) groups is 2. The third kappa shape index (κ3) is 3.26. The predicted molar refractivity (Wildman–Crippen MR) is 100 cm³/mol. The van der Waals surface area contributed by atoms with Crippen LogP contribution in [0.15, 0.2) is 40.6 Å². The van der Waals surface area contributed by atoms with E-state index in [1.54, 1.807) is 24.3 Å². The Labute approximate surface area is 153 Å². The number of thiophene rings is 1. The highest BCUT2D eigenvalue weighted by molar-refractivity contribution is 7.80. The maximum absolute atomic E-state index is 12.9. The van der Waals surface area contributed by atoms with Crippen molar-refractivity contribution in [3.8, 4) is 11.5 Å². The summed E-state index contributed by atoms with van der Waals surface area (Å²) in [7, 11) is 3.02. The molecular formula is C17H14N2O4S2. The van der Waals surface area contributed by atoms with Crippen LogP contribution < -0.4 is 19.7 Å². The van der Waals surface area contributed by atoms with Gasteiger partial charge in [-0.25, -0.2) is 4.90 Å². The van der Waals surface area contributed by atoms with Gasteiger partial charge in [0.15, 0.2) is 5.11 Å². The summed E-state index contributed by atoms with van der Waals surface area (Å²) in [5.41, 5.74) is 1.21. The molecule has 0 aliphatic carbocycles. The molecule has 1 saturated heterocycles. The number of amides is 2. The van der Waals surface area contributed by atoms with Gasteiger partial charge in [-0.3, -0.25) is 14.9 Å². The van der Waals surface area contributed by atoms with Crippen LogP contribution in [0.25, 0.3) is 6.08 Å². The maximum Gasteiger partial charge on any atom is 0.270 e. The molecule has 1 fully saturated rings. The number of hydrogen-bond donors (Lipinski definition) is 1. The van der Waals surface area contributed by atoms with Gasteiger partial charge in [0.2, 0.25) is 0 Å². The van der Waals surface area contributed by atoms with Crippen LogP contribution in [0.5, 0.6) is 11.5 Å². The van der Waals surface area contributed by atoms with Crippen LogP contribution in [-0.4, -0.2) is 31.1 Å². The van der Waals surface area contributed by atoms with Crippen molar-refractivity contribution < 1.29 is 19.1 Å². The van der Waals surface area contributed by atoms with Crippen LogP contribution in [0.2, 0.25) is 0 Å². The van der Waals surface area contributed by atoms with Crippen molar-refractivity contribution in [2.45, 2.75) is 0 Å². The second-order valence-corrected chi connectivity index (χ2v) is 6.22. The van der Waals surface area contributed by atoms with Crippen LogP contribution in [0, 0.1) is 0 Å². The molecule has 1 N–H and O–H groups in total. The fourth-order valence-electron chi connectivity index (χ4n) is 2.37. The van der Waals surface area contributed by atoms with Gasteiger partial charge in [0, 0.05) is 6.07 Å². The number of thiocarbonyl (C=S) groups is 1. The van der Waals surface area contributed by atoms with E-state index in [0.717, 1.165) is 5.56 Å². The third-order valence-corrected chi connectivity index (χ3v) is 4.57. The number of nitrogens with zero attached hydrogens (tertiary/aromatic N) is 1. The average molecular weight is 374 g/mol. The van der Waals surface area contributed by atoms with Crippen molar-refractivity contribution in [3.63, 3.8) is 0 Å². The Kier molecular flexibility index (Phi) is 4.82. The molecule has 0 unspecified atom stereocenters. The lowest BCUT2D eigenvalue weighted by molar-refractivity contribution is -0.122. The largest absolute Gasteiger partial charge is 0.497 e. The minimum atomic E-state index is -0.523. The summed E-state index contributed by atoms with van der Waals surface area (Å²) in [5.74, 6) is -0.0523. The number of rotatable bonds is 4. The number of anilines is 1. The zero-order valence-electron chi connectivity index (χ0n) is 13.4. The van der Waals surface area contributed by atoms with Gasteiger partial charge in [0.05, 0.1) is 19.9 Å². The summed E-state index contributed by atoms with van der Waals surface area (Å²) in [4.78, 5) is 26.4. The van der Waals surface area contributed by atoms with E-state index in [1.165, 1.54) is 30.5 Å². The highest BCUT2D eigenvalue weighted by Gasteiger charge is 2.35. The minimum absolute atomic E-state index is 0.000866. The Morgan fingerprint density at radius 1 is 1.20 bits per heavy atom. The van der Waals surface area contributed by atoms with Crippen molar-refractivity contribution in [1.82, 2.24) is 5.32 Å². The molecule has 25 heavy (non-hydrogen) atoms. The third-order valence-electron chi connectivity index (χ3n) is 3.58. The number of benzene rings is 1. The van der Waals surface area contributed by atoms with Crippen molar-refractivity contribution in [2.24, 2.45) is 0 Å². The fraction of sp³-hybridized carbons (Fsp3) is 0.118. The summed E-state index contributed by atoms with van der Waals surface area (Å²) in [5, 5.41) is 6.26. The fourth-order valence-corrected chi connectivity index (χ4v) is 3.26. The van der Waals surface area contributed by atoms with Gasteiger partial charge in [-0.05, 0) is 52.8 Å². The van der Waals surface area contributed by atoms with Gasteiger partial charge in [-0.2, -0.15) is 11.3 Å². The minimum Gasteiger partial charge on any atom is -0.497 e. The van der Waals surface area contributed by atoms with Crippen molar-refractivity contribution in [2.75, 3.05) is 19.1 Å². The smallest absolute Gasteiger partial charge is 0.270 e. The Balaban J connectivity index is 2.05. The normalized spacial score (nSPS) is 16.2. The summed E-state index contributed by atoms with van der Waals surface area (Å²) in [6.07, 6.45) is 1.54. The Bertz CT molecular complexity index is 875. The molecule has 0 spiro atoms. The molecular weight excluding hydrogens is 360 g/mol. The van der Waals surface area contributed by atoms with Crippen LogP contribution in [0.1, 0.15) is 5.56 Å². The molecule has 0 bridgehead atoms. The zero-order valence-corrected chi connectivity index (χ0v) is 15.1. The average Bonchev–Trinajstić information content (AvgIpc) is 3.12. The predicted octanol–water partition coefficient (Wildman–Crippen LogP) is 2.60. The SMILES string of the molecule is COc1ccc(N2C(=O)/C(=C\c3ccsc3)C(=O)NC2=S)c(OC)c1. The van der Waals surface area contributed by atoms with E-state index in [0.29, 0.717) is 17.2 Å². The van der Waals surface area contributed by atoms with Gasteiger partial charge >= 0.3 is 0 Å². The molecule has 3 rings (SSSR count). The second-order valence-electron chi connectivity index (χ2n) is 5.05.